The van der Waals surface area contributed by atoms with Crippen LogP contribution in [0.15, 0.2) is 35.7 Å². The van der Waals surface area contributed by atoms with Crippen molar-refractivity contribution in [3.05, 3.63) is 57.8 Å². The van der Waals surface area contributed by atoms with Gasteiger partial charge in [-0.3, -0.25) is 4.79 Å². The molecule has 0 aliphatic carbocycles. The van der Waals surface area contributed by atoms with Gasteiger partial charge in [-0.2, -0.15) is 0 Å². The van der Waals surface area contributed by atoms with Crippen molar-refractivity contribution in [1.82, 2.24) is 10.6 Å². The number of hydrogen-bond acceptors (Lipinski definition) is 3. The van der Waals surface area contributed by atoms with Crippen molar-refractivity contribution in [2.45, 2.75) is 37.6 Å². The van der Waals surface area contributed by atoms with E-state index >= 15 is 0 Å². The normalized spacial score (nSPS) is 19.6. The van der Waals surface area contributed by atoms with E-state index in [1.807, 2.05) is 11.4 Å². The Morgan fingerprint density at radius 2 is 2.12 bits per heavy atom. The molecule has 0 spiro atoms. The van der Waals surface area contributed by atoms with E-state index in [0.717, 1.165) is 37.4 Å². The molecule has 1 amide bonds. The summed E-state index contributed by atoms with van der Waals surface area (Å²) in [5, 5.41) is 8.37. The lowest BCUT2D eigenvalue weighted by molar-refractivity contribution is -0.122. The van der Waals surface area contributed by atoms with E-state index in [9.17, 15) is 13.6 Å². The first-order valence-corrected chi connectivity index (χ1v) is 9.49. The summed E-state index contributed by atoms with van der Waals surface area (Å²) < 4.78 is 26.7. The van der Waals surface area contributed by atoms with Crippen LogP contribution >= 0.6 is 23.7 Å². The van der Waals surface area contributed by atoms with Gasteiger partial charge in [0.15, 0.2) is 11.6 Å². The summed E-state index contributed by atoms with van der Waals surface area (Å²) >= 11 is 1.70. The molecule has 0 radical (unpaired) electrons. The van der Waals surface area contributed by atoms with Crippen LogP contribution in [-0.2, 0) is 11.2 Å². The number of rotatable bonds is 6. The molecule has 2 atom stereocenters. The van der Waals surface area contributed by atoms with E-state index in [1.165, 1.54) is 10.9 Å². The molecule has 2 N–H and O–H groups in total. The van der Waals surface area contributed by atoms with E-state index in [4.69, 9.17) is 0 Å². The predicted octanol–water partition coefficient (Wildman–Crippen LogP) is 4.03. The molecule has 142 valence electrons. The number of amides is 1. The van der Waals surface area contributed by atoms with Crippen molar-refractivity contribution in [3.8, 4) is 0 Å². The largest absolute Gasteiger partial charge is 0.351 e. The molecule has 1 aliphatic heterocycles. The molecular weight excluding hydrogens is 378 g/mol. The lowest BCUT2D eigenvalue weighted by atomic mass is 9.86. The molecule has 2 unspecified atom stereocenters. The number of aryl methyl sites for hydroxylation is 1. The number of benzene rings is 1. The molecule has 1 fully saturated rings. The Morgan fingerprint density at radius 1 is 1.27 bits per heavy atom. The highest BCUT2D eigenvalue weighted by molar-refractivity contribution is 7.09. The minimum Gasteiger partial charge on any atom is -0.351 e. The molecule has 1 aromatic heterocycles. The number of carbonyl (C=O) groups is 1. The average Bonchev–Trinajstić information content (AvgIpc) is 3.11. The van der Waals surface area contributed by atoms with Crippen molar-refractivity contribution >= 4 is 29.7 Å². The molecule has 2 heterocycles. The van der Waals surface area contributed by atoms with E-state index < -0.39 is 11.6 Å². The molecule has 0 bridgehead atoms. The Balaban J connectivity index is 0.00000243. The second kappa shape index (κ2) is 10.00. The quantitative estimate of drug-likeness (QED) is 0.768. The minimum atomic E-state index is -0.841. The second-order valence-corrected chi connectivity index (χ2v) is 7.41. The molecule has 2 aromatic rings. The smallest absolute Gasteiger partial charge is 0.220 e. The van der Waals surface area contributed by atoms with Gasteiger partial charge < -0.3 is 10.6 Å². The zero-order chi connectivity index (χ0) is 17.6. The molecule has 26 heavy (non-hydrogen) atoms. The Morgan fingerprint density at radius 3 is 2.85 bits per heavy atom. The molecule has 0 saturated carbocycles. The molecule has 7 heteroatoms. The van der Waals surface area contributed by atoms with Gasteiger partial charge >= 0.3 is 0 Å². The molecular formula is C19H23ClF2N2OS. The lowest BCUT2D eigenvalue weighted by Crippen LogP contribution is -2.50. The maximum absolute atomic E-state index is 13.5. The predicted molar refractivity (Wildman–Crippen MR) is 103 cm³/mol. The third-order valence-corrected chi connectivity index (χ3v) is 5.54. The minimum absolute atomic E-state index is 0. The van der Waals surface area contributed by atoms with Crippen LogP contribution in [0.3, 0.4) is 0 Å². The Bertz CT molecular complexity index is 712. The van der Waals surface area contributed by atoms with Crippen molar-refractivity contribution in [2.24, 2.45) is 0 Å². The summed E-state index contributed by atoms with van der Waals surface area (Å²) in [4.78, 5) is 13.6. The fraction of sp³-hybridized carbons (Fsp3) is 0.421. The summed E-state index contributed by atoms with van der Waals surface area (Å²) in [7, 11) is 0. The first-order valence-electron chi connectivity index (χ1n) is 8.61. The van der Waals surface area contributed by atoms with Gasteiger partial charge in [-0.05, 0) is 54.9 Å². The summed E-state index contributed by atoms with van der Waals surface area (Å²) in [6, 6.07) is 8.01. The zero-order valence-electron chi connectivity index (χ0n) is 14.3. The van der Waals surface area contributed by atoms with Gasteiger partial charge in [-0.1, -0.05) is 12.1 Å². The molecule has 3 nitrogen and oxygen atoms in total. The highest BCUT2D eigenvalue weighted by Crippen LogP contribution is 2.27. The highest BCUT2D eigenvalue weighted by Gasteiger charge is 2.28. The van der Waals surface area contributed by atoms with E-state index in [2.05, 4.69) is 16.7 Å². The van der Waals surface area contributed by atoms with Gasteiger partial charge in [0.25, 0.3) is 0 Å². The van der Waals surface area contributed by atoms with Gasteiger partial charge in [0.1, 0.15) is 0 Å². The summed E-state index contributed by atoms with van der Waals surface area (Å²) in [5.74, 6) is -1.67. The summed E-state index contributed by atoms with van der Waals surface area (Å²) in [6.45, 7) is 1.44. The number of nitrogens with one attached hydrogen (secondary N) is 2. The van der Waals surface area contributed by atoms with Crippen LogP contribution in [0, 0.1) is 11.6 Å². The van der Waals surface area contributed by atoms with Crippen LogP contribution in [0.5, 0.6) is 0 Å². The number of carbonyl (C=O) groups excluding carboxylic acids is 1. The first-order chi connectivity index (χ1) is 12.1. The fourth-order valence-corrected chi connectivity index (χ4v) is 4.06. The number of hydrogen-bond donors (Lipinski definition) is 2. The number of piperidine rings is 1. The van der Waals surface area contributed by atoms with Gasteiger partial charge in [0.05, 0.1) is 0 Å². The van der Waals surface area contributed by atoms with Gasteiger partial charge in [-0.25, -0.2) is 8.78 Å². The topological polar surface area (TPSA) is 41.1 Å². The maximum atomic E-state index is 13.5. The van der Waals surface area contributed by atoms with Gasteiger partial charge in [-0.15, -0.1) is 23.7 Å². The molecule has 1 aromatic carbocycles. The van der Waals surface area contributed by atoms with Crippen LogP contribution in [0.4, 0.5) is 8.78 Å². The van der Waals surface area contributed by atoms with Crippen LogP contribution in [-0.4, -0.2) is 25.0 Å². The van der Waals surface area contributed by atoms with Crippen molar-refractivity contribution in [1.29, 1.82) is 0 Å². The fourth-order valence-electron chi connectivity index (χ4n) is 3.31. The zero-order valence-corrected chi connectivity index (χ0v) is 16.0. The molecule has 1 saturated heterocycles. The van der Waals surface area contributed by atoms with E-state index in [0.29, 0.717) is 13.0 Å². The first kappa shape index (κ1) is 20.8. The van der Waals surface area contributed by atoms with Gasteiger partial charge in [0.2, 0.25) is 5.91 Å². The van der Waals surface area contributed by atoms with Crippen molar-refractivity contribution < 1.29 is 13.6 Å². The van der Waals surface area contributed by atoms with Crippen molar-refractivity contribution in [2.75, 3.05) is 13.1 Å². The Hall–Kier alpha value is -1.50. The van der Waals surface area contributed by atoms with Crippen LogP contribution < -0.4 is 10.6 Å². The van der Waals surface area contributed by atoms with Gasteiger partial charge in [0, 0.05) is 29.8 Å². The van der Waals surface area contributed by atoms with E-state index in [1.54, 1.807) is 17.4 Å². The third kappa shape index (κ3) is 5.50. The summed E-state index contributed by atoms with van der Waals surface area (Å²) in [5.41, 5.74) is 0.740. The highest BCUT2D eigenvalue weighted by atomic mass is 35.5. The van der Waals surface area contributed by atoms with Crippen molar-refractivity contribution in [3.63, 3.8) is 0 Å². The second-order valence-electron chi connectivity index (χ2n) is 6.38. The molecule has 3 rings (SSSR count). The standard InChI is InChI=1S/C19H22F2N2OS.ClH/c20-16-7-6-13(11-17(16)21)15-8-9-22-12-18(15)23-19(24)5-1-3-14-4-2-10-25-14;/h2,4,6-7,10-11,15,18,22H,1,3,5,8-9,12H2,(H,23,24);1H. The SMILES string of the molecule is Cl.O=C(CCCc1cccs1)NC1CNCCC1c1ccc(F)c(F)c1. The van der Waals surface area contributed by atoms with E-state index in [-0.39, 0.29) is 30.3 Å². The third-order valence-electron chi connectivity index (χ3n) is 4.61. The van der Waals surface area contributed by atoms with Crippen LogP contribution in [0.25, 0.3) is 0 Å². The Kier molecular flexibility index (Phi) is 8.00. The monoisotopic (exact) mass is 400 g/mol. The van der Waals surface area contributed by atoms with Crippen LogP contribution in [0.1, 0.15) is 35.6 Å². The molecule has 1 aliphatic rings. The Labute approximate surface area is 162 Å². The average molecular weight is 401 g/mol. The number of halogens is 3. The van der Waals surface area contributed by atoms with Crippen LogP contribution in [0.2, 0.25) is 0 Å². The lowest BCUT2D eigenvalue weighted by Gasteiger charge is -2.33. The maximum Gasteiger partial charge on any atom is 0.220 e. The number of thiophene rings is 1. The summed E-state index contributed by atoms with van der Waals surface area (Å²) in [6.07, 6.45) is 2.97.